The minimum absolute atomic E-state index is 0.200. The molecule has 0 fully saturated rings. The van der Waals surface area contributed by atoms with E-state index in [-0.39, 0.29) is 6.42 Å². The van der Waals surface area contributed by atoms with Crippen LogP contribution in [0.15, 0.2) is 53.0 Å². The molecule has 0 radical (unpaired) electrons. The molecular weight excluding hydrogens is 361 g/mol. The molecule has 2 aromatic carbocycles. The molecule has 22 heavy (non-hydrogen) atoms. The van der Waals surface area contributed by atoms with Gasteiger partial charge in [0.15, 0.2) is 0 Å². The van der Waals surface area contributed by atoms with E-state index in [9.17, 15) is 18.0 Å². The SMILES string of the molecule is O=C(O)C[C@@H](c1ccc(C(F)(F)F)cc1)c1ccccc1Br. The lowest BCUT2D eigenvalue weighted by Gasteiger charge is -2.18. The predicted molar refractivity (Wildman–Crippen MR) is 79.7 cm³/mol. The van der Waals surface area contributed by atoms with Gasteiger partial charge in [-0.1, -0.05) is 46.3 Å². The molecule has 6 heteroatoms. The van der Waals surface area contributed by atoms with Crippen LogP contribution in [-0.4, -0.2) is 11.1 Å². The Morgan fingerprint density at radius 2 is 1.68 bits per heavy atom. The van der Waals surface area contributed by atoms with Gasteiger partial charge in [-0.25, -0.2) is 0 Å². The van der Waals surface area contributed by atoms with Gasteiger partial charge >= 0.3 is 12.1 Å². The van der Waals surface area contributed by atoms with Crippen molar-refractivity contribution < 1.29 is 23.1 Å². The third-order valence-corrected chi connectivity index (χ3v) is 4.02. The van der Waals surface area contributed by atoms with Crippen LogP contribution in [0.5, 0.6) is 0 Å². The molecule has 0 aromatic heterocycles. The van der Waals surface area contributed by atoms with Gasteiger partial charge in [-0.2, -0.15) is 13.2 Å². The highest BCUT2D eigenvalue weighted by Crippen LogP contribution is 2.35. The van der Waals surface area contributed by atoms with Crippen molar-refractivity contribution in [3.63, 3.8) is 0 Å². The molecule has 0 aliphatic heterocycles. The molecule has 0 aliphatic rings. The molecule has 116 valence electrons. The highest BCUT2D eigenvalue weighted by molar-refractivity contribution is 9.10. The number of benzene rings is 2. The average molecular weight is 373 g/mol. The van der Waals surface area contributed by atoms with E-state index in [0.29, 0.717) is 5.56 Å². The van der Waals surface area contributed by atoms with E-state index in [1.54, 1.807) is 24.3 Å². The van der Waals surface area contributed by atoms with Crippen LogP contribution in [0, 0.1) is 0 Å². The molecular formula is C16H12BrF3O2. The van der Waals surface area contributed by atoms with Gasteiger partial charge in [0.05, 0.1) is 12.0 Å². The van der Waals surface area contributed by atoms with Crippen LogP contribution in [0.4, 0.5) is 13.2 Å². The molecule has 2 rings (SSSR count). The van der Waals surface area contributed by atoms with Crippen molar-refractivity contribution >= 4 is 21.9 Å². The van der Waals surface area contributed by atoms with Crippen LogP contribution in [0.1, 0.15) is 29.0 Å². The second-order valence-electron chi connectivity index (χ2n) is 4.79. The minimum Gasteiger partial charge on any atom is -0.481 e. The molecule has 2 aromatic rings. The van der Waals surface area contributed by atoms with E-state index in [4.69, 9.17) is 5.11 Å². The fourth-order valence-corrected chi connectivity index (χ4v) is 2.81. The lowest BCUT2D eigenvalue weighted by atomic mass is 9.88. The summed E-state index contributed by atoms with van der Waals surface area (Å²) in [5, 5.41) is 9.09. The molecule has 0 saturated heterocycles. The summed E-state index contributed by atoms with van der Waals surface area (Å²) in [7, 11) is 0. The normalized spacial score (nSPS) is 12.9. The van der Waals surface area contributed by atoms with Gasteiger partial charge in [0.25, 0.3) is 0 Å². The average Bonchev–Trinajstić information content (AvgIpc) is 2.45. The number of carbonyl (C=O) groups is 1. The Balaban J connectivity index is 2.42. The van der Waals surface area contributed by atoms with Crippen molar-refractivity contribution in [3.05, 3.63) is 69.7 Å². The second kappa shape index (κ2) is 6.52. The lowest BCUT2D eigenvalue weighted by Crippen LogP contribution is -2.10. The van der Waals surface area contributed by atoms with E-state index < -0.39 is 23.6 Å². The topological polar surface area (TPSA) is 37.3 Å². The standard InChI is InChI=1S/C16H12BrF3O2/c17-14-4-2-1-3-12(14)13(9-15(21)22)10-5-7-11(8-6-10)16(18,19)20/h1-8,13H,9H2,(H,21,22)/t13-/m0/s1. The first kappa shape index (κ1) is 16.5. The molecule has 0 amide bonds. The molecule has 1 N–H and O–H groups in total. The third-order valence-electron chi connectivity index (χ3n) is 3.30. The molecule has 0 unspecified atom stereocenters. The molecule has 0 aliphatic carbocycles. The minimum atomic E-state index is -4.41. The number of carboxylic acid groups (broad SMARTS) is 1. The number of rotatable bonds is 4. The van der Waals surface area contributed by atoms with Gasteiger partial charge in [-0.05, 0) is 29.3 Å². The summed E-state index contributed by atoms with van der Waals surface area (Å²) >= 11 is 3.36. The number of aliphatic carboxylic acids is 1. The van der Waals surface area contributed by atoms with E-state index in [2.05, 4.69) is 15.9 Å². The zero-order valence-electron chi connectivity index (χ0n) is 11.3. The Hall–Kier alpha value is -1.82. The Morgan fingerprint density at radius 1 is 1.09 bits per heavy atom. The van der Waals surface area contributed by atoms with Crippen LogP contribution in [0.2, 0.25) is 0 Å². The van der Waals surface area contributed by atoms with Crippen molar-refractivity contribution in [1.29, 1.82) is 0 Å². The first-order valence-corrected chi connectivity index (χ1v) is 7.21. The maximum Gasteiger partial charge on any atom is 0.416 e. The van der Waals surface area contributed by atoms with Crippen molar-refractivity contribution in [2.75, 3.05) is 0 Å². The number of halogens is 4. The summed E-state index contributed by atoms with van der Waals surface area (Å²) in [6, 6.07) is 11.7. The van der Waals surface area contributed by atoms with E-state index >= 15 is 0 Å². The summed E-state index contributed by atoms with van der Waals surface area (Å²) < 4.78 is 38.6. The van der Waals surface area contributed by atoms with Crippen LogP contribution in [-0.2, 0) is 11.0 Å². The lowest BCUT2D eigenvalue weighted by molar-refractivity contribution is -0.138. The van der Waals surface area contributed by atoms with Crippen LogP contribution in [0.25, 0.3) is 0 Å². The van der Waals surface area contributed by atoms with Gasteiger partial charge < -0.3 is 5.11 Å². The van der Waals surface area contributed by atoms with Crippen molar-refractivity contribution in [1.82, 2.24) is 0 Å². The van der Waals surface area contributed by atoms with Gasteiger partial charge in [-0.15, -0.1) is 0 Å². The highest BCUT2D eigenvalue weighted by Gasteiger charge is 2.30. The molecule has 0 spiro atoms. The zero-order valence-corrected chi connectivity index (χ0v) is 12.9. The predicted octanol–water partition coefficient (Wildman–Crippen LogP) is 5.07. The van der Waals surface area contributed by atoms with Crippen molar-refractivity contribution in [3.8, 4) is 0 Å². The molecule has 0 saturated carbocycles. The highest BCUT2D eigenvalue weighted by atomic mass is 79.9. The van der Waals surface area contributed by atoms with Crippen LogP contribution in [0.3, 0.4) is 0 Å². The maximum atomic E-state index is 12.6. The fourth-order valence-electron chi connectivity index (χ4n) is 2.24. The van der Waals surface area contributed by atoms with E-state index in [1.807, 2.05) is 0 Å². The molecule has 2 nitrogen and oxygen atoms in total. The van der Waals surface area contributed by atoms with Gasteiger partial charge in [0, 0.05) is 10.4 Å². The van der Waals surface area contributed by atoms with Crippen molar-refractivity contribution in [2.24, 2.45) is 0 Å². The van der Waals surface area contributed by atoms with Gasteiger partial charge in [0.1, 0.15) is 0 Å². The molecule has 0 heterocycles. The Morgan fingerprint density at radius 3 is 2.18 bits per heavy atom. The molecule has 1 atom stereocenters. The first-order valence-electron chi connectivity index (χ1n) is 6.42. The third kappa shape index (κ3) is 3.88. The van der Waals surface area contributed by atoms with Gasteiger partial charge in [0.2, 0.25) is 0 Å². The van der Waals surface area contributed by atoms with Crippen molar-refractivity contribution in [2.45, 2.75) is 18.5 Å². The molecule has 0 bridgehead atoms. The Labute approximate surface area is 133 Å². The maximum absolute atomic E-state index is 12.6. The number of alkyl halides is 3. The number of carboxylic acids is 1. The number of hydrogen-bond donors (Lipinski definition) is 1. The largest absolute Gasteiger partial charge is 0.481 e. The Bertz CT molecular complexity index is 666. The first-order chi connectivity index (χ1) is 10.3. The second-order valence-corrected chi connectivity index (χ2v) is 5.65. The summed E-state index contributed by atoms with van der Waals surface area (Å²) in [5.74, 6) is -1.53. The van der Waals surface area contributed by atoms with E-state index in [0.717, 1.165) is 22.2 Å². The zero-order chi connectivity index (χ0) is 16.3. The summed E-state index contributed by atoms with van der Waals surface area (Å²) in [4.78, 5) is 11.1. The number of hydrogen-bond acceptors (Lipinski definition) is 1. The summed E-state index contributed by atoms with van der Waals surface area (Å²) in [6.45, 7) is 0. The Kier molecular flexibility index (Phi) is 4.90. The monoisotopic (exact) mass is 372 g/mol. The quantitative estimate of drug-likeness (QED) is 0.812. The summed E-state index contributed by atoms with van der Waals surface area (Å²) in [6.07, 6.45) is -4.61. The van der Waals surface area contributed by atoms with Gasteiger partial charge in [-0.3, -0.25) is 4.79 Å². The smallest absolute Gasteiger partial charge is 0.416 e. The van der Waals surface area contributed by atoms with E-state index in [1.165, 1.54) is 12.1 Å². The van der Waals surface area contributed by atoms with Crippen LogP contribution >= 0.6 is 15.9 Å². The summed E-state index contributed by atoms with van der Waals surface area (Å²) in [5.41, 5.74) is 0.504. The fraction of sp³-hybridized carbons (Fsp3) is 0.188. The van der Waals surface area contributed by atoms with Crippen LogP contribution < -0.4 is 0 Å².